The third-order valence-electron chi connectivity index (χ3n) is 2.69. The fourth-order valence-corrected chi connectivity index (χ4v) is 1.64. The highest BCUT2D eigenvalue weighted by molar-refractivity contribution is 6.06. The molecule has 0 aromatic heterocycles. The maximum atomic E-state index is 11.9. The molecule has 20 heavy (non-hydrogen) atoms. The zero-order chi connectivity index (χ0) is 14.5. The van der Waals surface area contributed by atoms with Crippen LogP contribution in [0.5, 0.6) is 11.5 Å². The Labute approximate surface area is 115 Å². The Morgan fingerprint density at radius 1 is 0.950 bits per heavy atom. The van der Waals surface area contributed by atoms with Gasteiger partial charge in [-0.15, -0.1) is 0 Å². The van der Waals surface area contributed by atoms with Crippen molar-refractivity contribution in [3.05, 3.63) is 76.0 Å². The highest BCUT2D eigenvalue weighted by Gasteiger charge is 2.05. The van der Waals surface area contributed by atoms with Crippen LogP contribution in [0.2, 0.25) is 0 Å². The largest absolute Gasteiger partial charge is 0.504 e. The van der Waals surface area contributed by atoms with Crippen molar-refractivity contribution in [2.24, 2.45) is 0 Å². The number of benzene rings is 1. The molecular formula is C16H12O4. The molecule has 0 amide bonds. The lowest BCUT2D eigenvalue weighted by atomic mass is 10.1. The minimum absolute atomic E-state index is 0.0780. The summed E-state index contributed by atoms with van der Waals surface area (Å²) in [7, 11) is 0. The van der Waals surface area contributed by atoms with Gasteiger partial charge in [0, 0.05) is 0 Å². The van der Waals surface area contributed by atoms with Gasteiger partial charge in [-0.3, -0.25) is 9.59 Å². The van der Waals surface area contributed by atoms with Crippen molar-refractivity contribution in [2.75, 3.05) is 0 Å². The SMILES string of the molecule is O=C(C=Cc1ccc(O)c(O)c1)c1cccccc1=O. The Morgan fingerprint density at radius 2 is 1.70 bits per heavy atom. The molecule has 4 heteroatoms. The van der Waals surface area contributed by atoms with Crippen LogP contribution in [-0.4, -0.2) is 16.0 Å². The van der Waals surface area contributed by atoms with Crippen LogP contribution in [0, 0.1) is 0 Å². The summed E-state index contributed by atoms with van der Waals surface area (Å²) < 4.78 is 0. The number of carbonyl (C=O) groups is 1. The van der Waals surface area contributed by atoms with Crippen molar-refractivity contribution < 1.29 is 15.0 Å². The van der Waals surface area contributed by atoms with E-state index < -0.39 is 5.78 Å². The molecule has 0 aliphatic rings. The third-order valence-corrected chi connectivity index (χ3v) is 2.69. The van der Waals surface area contributed by atoms with E-state index in [0.717, 1.165) is 0 Å². The number of allylic oxidation sites excluding steroid dienone is 1. The number of aromatic hydroxyl groups is 2. The van der Waals surface area contributed by atoms with E-state index >= 15 is 0 Å². The van der Waals surface area contributed by atoms with E-state index in [1.54, 1.807) is 24.3 Å². The van der Waals surface area contributed by atoms with Gasteiger partial charge in [0.05, 0.1) is 5.56 Å². The minimum Gasteiger partial charge on any atom is -0.504 e. The molecule has 0 bridgehead atoms. The molecule has 0 spiro atoms. The van der Waals surface area contributed by atoms with Gasteiger partial charge in [0.15, 0.2) is 22.7 Å². The zero-order valence-corrected chi connectivity index (χ0v) is 10.5. The summed E-state index contributed by atoms with van der Waals surface area (Å²) in [4.78, 5) is 23.6. The third kappa shape index (κ3) is 3.11. The first kappa shape index (κ1) is 13.5. The average molecular weight is 268 g/mol. The van der Waals surface area contributed by atoms with Crippen LogP contribution >= 0.6 is 0 Å². The van der Waals surface area contributed by atoms with Gasteiger partial charge in [0.1, 0.15) is 0 Å². The summed E-state index contributed by atoms with van der Waals surface area (Å²) in [5.41, 5.74) is 0.272. The number of phenols is 2. The van der Waals surface area contributed by atoms with Gasteiger partial charge in [0.25, 0.3) is 0 Å². The second-order valence-corrected chi connectivity index (χ2v) is 4.13. The van der Waals surface area contributed by atoms with Crippen LogP contribution in [0.3, 0.4) is 0 Å². The van der Waals surface area contributed by atoms with Crippen LogP contribution in [0.15, 0.2) is 59.4 Å². The Hall–Kier alpha value is -2.88. The van der Waals surface area contributed by atoms with Crippen LogP contribution < -0.4 is 5.43 Å². The van der Waals surface area contributed by atoms with Crippen molar-refractivity contribution in [3.63, 3.8) is 0 Å². The molecule has 0 fully saturated rings. The molecule has 0 aliphatic carbocycles. The smallest absolute Gasteiger partial charge is 0.189 e. The lowest BCUT2D eigenvalue weighted by Crippen LogP contribution is -2.09. The molecule has 0 saturated heterocycles. The number of hydrogen-bond acceptors (Lipinski definition) is 4. The normalized spacial score (nSPS) is 10.6. The molecule has 4 nitrogen and oxygen atoms in total. The monoisotopic (exact) mass is 268 g/mol. The van der Waals surface area contributed by atoms with E-state index in [2.05, 4.69) is 0 Å². The second-order valence-electron chi connectivity index (χ2n) is 4.13. The Bertz CT molecular complexity index is 732. The van der Waals surface area contributed by atoms with Crippen LogP contribution in [-0.2, 0) is 0 Å². The van der Waals surface area contributed by atoms with Gasteiger partial charge in [-0.05, 0) is 35.9 Å². The summed E-state index contributed by atoms with van der Waals surface area (Å²) in [6.07, 6.45) is 2.72. The number of carbonyl (C=O) groups excluding carboxylic acids is 1. The Morgan fingerprint density at radius 3 is 2.45 bits per heavy atom. The van der Waals surface area contributed by atoms with Crippen LogP contribution in [0.1, 0.15) is 15.9 Å². The molecule has 0 unspecified atom stereocenters. The molecule has 0 aliphatic heterocycles. The van der Waals surface area contributed by atoms with E-state index in [1.807, 2.05) is 0 Å². The number of rotatable bonds is 3. The van der Waals surface area contributed by atoms with Crippen molar-refractivity contribution in [2.45, 2.75) is 0 Å². The van der Waals surface area contributed by atoms with Gasteiger partial charge in [0.2, 0.25) is 0 Å². The van der Waals surface area contributed by atoms with Crippen molar-refractivity contribution in [1.29, 1.82) is 0 Å². The molecule has 2 N–H and O–H groups in total. The molecule has 100 valence electrons. The highest BCUT2D eigenvalue weighted by atomic mass is 16.3. The first-order valence-electron chi connectivity index (χ1n) is 5.91. The van der Waals surface area contributed by atoms with Gasteiger partial charge >= 0.3 is 0 Å². The second kappa shape index (κ2) is 5.84. The minimum atomic E-state index is -0.418. The zero-order valence-electron chi connectivity index (χ0n) is 10.5. The fourth-order valence-electron chi connectivity index (χ4n) is 1.64. The highest BCUT2D eigenvalue weighted by Crippen LogP contribution is 2.25. The van der Waals surface area contributed by atoms with Crippen molar-refractivity contribution in [3.8, 4) is 11.5 Å². The summed E-state index contributed by atoms with van der Waals surface area (Å²) >= 11 is 0. The molecule has 0 radical (unpaired) electrons. The summed E-state index contributed by atoms with van der Waals surface area (Å²) in [6, 6.07) is 11.8. The fraction of sp³-hybridized carbons (Fsp3) is 0. The summed E-state index contributed by atoms with van der Waals surface area (Å²) in [6.45, 7) is 0. The van der Waals surface area contributed by atoms with Gasteiger partial charge < -0.3 is 10.2 Å². The van der Waals surface area contributed by atoms with E-state index in [4.69, 9.17) is 0 Å². The standard InChI is InChI=1S/C16H12O4/c17-13-5-3-1-2-4-12(13)14(18)8-6-11-7-9-15(19)16(20)10-11/h1-10,19-20H. The van der Waals surface area contributed by atoms with E-state index in [-0.39, 0.29) is 22.5 Å². The molecule has 0 saturated carbocycles. The molecule has 2 aromatic carbocycles. The molecule has 2 aromatic rings. The lowest BCUT2D eigenvalue weighted by molar-refractivity contribution is 0.104. The maximum absolute atomic E-state index is 11.9. The quantitative estimate of drug-likeness (QED) is 0.509. The topological polar surface area (TPSA) is 74.6 Å². The Kier molecular flexibility index (Phi) is 3.96. The molecule has 2 rings (SSSR count). The molecule has 0 atom stereocenters. The van der Waals surface area contributed by atoms with Crippen molar-refractivity contribution in [1.82, 2.24) is 0 Å². The number of phenolic OH excluding ortho intramolecular Hbond substituents is 2. The summed E-state index contributed by atoms with van der Waals surface area (Å²) in [5.74, 6) is -0.917. The van der Waals surface area contributed by atoms with Crippen molar-refractivity contribution >= 4 is 11.9 Å². The van der Waals surface area contributed by atoms with E-state index in [1.165, 1.54) is 36.4 Å². The van der Waals surface area contributed by atoms with Gasteiger partial charge in [-0.25, -0.2) is 0 Å². The number of ketones is 1. The summed E-state index contributed by atoms with van der Waals surface area (Å²) in [5, 5.41) is 18.5. The molecular weight excluding hydrogens is 256 g/mol. The first-order chi connectivity index (χ1) is 9.58. The molecule has 0 heterocycles. The van der Waals surface area contributed by atoms with Gasteiger partial charge in [-0.1, -0.05) is 30.3 Å². The average Bonchev–Trinajstić information content (AvgIpc) is 2.64. The predicted molar refractivity (Wildman–Crippen MR) is 75.8 cm³/mol. The number of hydrogen-bond donors (Lipinski definition) is 2. The lowest BCUT2D eigenvalue weighted by Gasteiger charge is -1.98. The van der Waals surface area contributed by atoms with Crippen LogP contribution in [0.4, 0.5) is 0 Å². The first-order valence-corrected chi connectivity index (χ1v) is 5.91. The van der Waals surface area contributed by atoms with Gasteiger partial charge in [-0.2, -0.15) is 0 Å². The predicted octanol–water partition coefficient (Wildman–Crippen LogP) is 2.35. The van der Waals surface area contributed by atoms with Crippen LogP contribution in [0.25, 0.3) is 6.08 Å². The van der Waals surface area contributed by atoms with E-state index in [0.29, 0.717) is 5.56 Å². The Balaban J connectivity index is 2.27. The van der Waals surface area contributed by atoms with E-state index in [9.17, 15) is 19.8 Å². The maximum Gasteiger partial charge on any atom is 0.189 e.